The molecule has 3 heteroatoms. The zero-order chi connectivity index (χ0) is 34.9. The van der Waals surface area contributed by atoms with Crippen LogP contribution in [0, 0.1) is 61.6 Å². The topological polar surface area (TPSA) is 0 Å². The summed E-state index contributed by atoms with van der Waals surface area (Å²) in [6, 6.07) is 25.9. The van der Waals surface area contributed by atoms with Gasteiger partial charge >= 0.3 is 28.4 Å². The van der Waals surface area contributed by atoms with Gasteiger partial charge in [-0.15, -0.1) is 30.4 Å². The van der Waals surface area contributed by atoms with E-state index in [2.05, 4.69) is 121 Å². The smallest absolute Gasteiger partial charge is 0.358 e. The van der Waals surface area contributed by atoms with Crippen molar-refractivity contribution in [2.75, 3.05) is 0 Å². The minimum atomic E-state index is 0. The Bertz CT molecular complexity index is 1540. The molecule has 6 aliphatic rings. The van der Waals surface area contributed by atoms with Crippen molar-refractivity contribution in [2.45, 2.75) is 125 Å². The van der Waals surface area contributed by atoms with Crippen LogP contribution in [0.4, 0.5) is 0 Å². The summed E-state index contributed by atoms with van der Waals surface area (Å²) in [5, 5.41) is 0. The van der Waals surface area contributed by atoms with E-state index >= 15 is 0 Å². The molecule has 3 aromatic rings. The molecule has 1 atom stereocenters. The molecule has 0 radical (unpaired) electrons. The van der Waals surface area contributed by atoms with Crippen LogP contribution in [0.2, 0.25) is 0 Å². The zero-order valence-electron chi connectivity index (χ0n) is 33.3. The first-order valence-electron chi connectivity index (χ1n) is 18.5. The molecular weight excluding hydrogens is 739 g/mol. The molecule has 4 bridgehead atoms. The Balaban J connectivity index is 0.000000274. The normalized spacial score (nSPS) is 24.5. The van der Waals surface area contributed by atoms with Crippen molar-refractivity contribution in [1.29, 1.82) is 0 Å². The number of rotatable bonds is 2. The molecule has 3 aromatic carbocycles. The van der Waals surface area contributed by atoms with Gasteiger partial charge < -0.3 is 7.43 Å². The summed E-state index contributed by atoms with van der Waals surface area (Å²) in [5.74, 6) is 3.82. The van der Waals surface area contributed by atoms with Crippen LogP contribution < -0.4 is 0 Å². The van der Waals surface area contributed by atoms with Crippen LogP contribution in [0.15, 0.2) is 71.8 Å². The third-order valence-corrected chi connectivity index (χ3v) is 11.5. The van der Waals surface area contributed by atoms with E-state index in [1.54, 1.807) is 44.1 Å². The number of benzene rings is 3. The van der Waals surface area contributed by atoms with Crippen molar-refractivity contribution in [3.05, 3.63) is 125 Å². The SMILES string of the molecule is CC(C)(C)c1c[c-]c2c(c1)-c1cc(C(C)(C)C)ccc1C2.CC1=[C-]C(C)C=C1CC12CC3CC(CC(C3)C1)C2.Cc1cc[c-]cc1.Cl.Cl.[CH2]=[Zr].[CH3-]. The molecule has 9 rings (SSSR count). The van der Waals surface area contributed by atoms with Gasteiger partial charge in [-0.2, -0.15) is 76.9 Å². The minimum absolute atomic E-state index is 0. The Labute approximate surface area is 340 Å². The van der Waals surface area contributed by atoms with Crippen molar-refractivity contribution in [2.24, 2.45) is 29.1 Å². The van der Waals surface area contributed by atoms with Crippen molar-refractivity contribution >= 4 is 29.0 Å². The van der Waals surface area contributed by atoms with Gasteiger partial charge in [0, 0.05) is 0 Å². The Morgan fingerprint density at radius 2 is 1.31 bits per heavy atom. The van der Waals surface area contributed by atoms with Crippen LogP contribution in [0.3, 0.4) is 0 Å². The van der Waals surface area contributed by atoms with Crippen LogP contribution in [0.5, 0.6) is 0 Å². The molecule has 0 amide bonds. The average molecular weight is 803 g/mol. The van der Waals surface area contributed by atoms with Gasteiger partial charge in [0.05, 0.1) is 0 Å². The van der Waals surface area contributed by atoms with Gasteiger partial charge in [-0.1, -0.05) is 109 Å². The average Bonchev–Trinajstić information content (AvgIpc) is 3.54. The van der Waals surface area contributed by atoms with Crippen LogP contribution in [0.25, 0.3) is 11.1 Å². The number of fused-ring (bicyclic) bond motifs is 3. The fourth-order valence-electron chi connectivity index (χ4n) is 9.46. The molecule has 0 aromatic heterocycles. The maximum absolute atomic E-state index is 3.57. The summed E-state index contributed by atoms with van der Waals surface area (Å²) < 4.78 is 3.34. The summed E-state index contributed by atoms with van der Waals surface area (Å²) in [7, 11) is 0. The van der Waals surface area contributed by atoms with E-state index in [-0.39, 0.29) is 43.1 Å². The largest absolute Gasteiger partial charge is 0.358 e. The first kappa shape index (κ1) is 45.6. The molecule has 51 heavy (non-hydrogen) atoms. The van der Waals surface area contributed by atoms with Gasteiger partial charge in [0.15, 0.2) is 0 Å². The summed E-state index contributed by atoms with van der Waals surface area (Å²) in [6.45, 7) is 20.3. The van der Waals surface area contributed by atoms with Crippen molar-refractivity contribution in [3.63, 3.8) is 0 Å². The van der Waals surface area contributed by atoms with Gasteiger partial charge in [-0.3, -0.25) is 6.08 Å². The van der Waals surface area contributed by atoms with Gasteiger partial charge in [0.2, 0.25) is 0 Å². The second kappa shape index (κ2) is 18.7. The number of hydrogen-bond acceptors (Lipinski definition) is 0. The van der Waals surface area contributed by atoms with E-state index in [4.69, 9.17) is 0 Å². The monoisotopic (exact) mass is 800 g/mol. The molecule has 1 unspecified atom stereocenters. The predicted octanol–water partition coefficient (Wildman–Crippen LogP) is 13.6. The first-order valence-corrected chi connectivity index (χ1v) is 20.2. The third-order valence-electron chi connectivity index (χ3n) is 11.5. The number of allylic oxidation sites excluding steroid dienone is 4. The van der Waals surface area contributed by atoms with E-state index in [0.717, 1.165) is 24.2 Å². The van der Waals surface area contributed by atoms with E-state index < -0.39 is 0 Å². The van der Waals surface area contributed by atoms with Crippen molar-refractivity contribution in [1.82, 2.24) is 0 Å². The minimum Gasteiger partial charge on any atom is -0.358 e. The van der Waals surface area contributed by atoms with Crippen LogP contribution in [0.1, 0.15) is 128 Å². The van der Waals surface area contributed by atoms with E-state index in [1.165, 1.54) is 75.2 Å². The zero-order valence-corrected chi connectivity index (χ0v) is 37.4. The Morgan fingerprint density at radius 1 is 0.784 bits per heavy atom. The van der Waals surface area contributed by atoms with Gasteiger partial charge in [0.1, 0.15) is 0 Å². The second-order valence-electron chi connectivity index (χ2n) is 17.8. The molecule has 0 N–H and O–H groups in total. The summed E-state index contributed by atoms with van der Waals surface area (Å²) in [6.07, 6.45) is 17.8. The summed E-state index contributed by atoms with van der Waals surface area (Å²) in [4.78, 5) is 0. The molecule has 0 heterocycles. The second-order valence-corrected chi connectivity index (χ2v) is 17.8. The Hall–Kier alpha value is -1.53. The van der Waals surface area contributed by atoms with Crippen LogP contribution in [-0.2, 0) is 41.5 Å². The van der Waals surface area contributed by atoms with Gasteiger partial charge in [-0.25, -0.2) is 5.57 Å². The molecule has 0 spiro atoms. The molecule has 4 fully saturated rings. The molecular formula is C48H64Cl2Zr-4. The standard InChI is InChI=1S/C21H25.C18H25.C7H7.CH3.CH2.2ClH.Zr/c1-20(2,3)16-9-7-14-11-15-8-10-17(21(4,5)6)13-19(15)18(14)12-16;1-12-3-13(2)17(4-12)11-18-8-14-5-15(9-18)7-16(6-14)10-18;1-7-5-3-2-4-6-7;;;;;/h7,9-10,12-13H,11H2,1-6H3;4,12,14-16H,5-11H2,1-2H3;3-6H,1H3;1H3;1H2;2*1H;/q4*-1;;;;. The van der Waals surface area contributed by atoms with E-state index in [9.17, 15) is 0 Å². The maximum atomic E-state index is 3.57. The fourth-order valence-corrected chi connectivity index (χ4v) is 9.46. The van der Waals surface area contributed by atoms with E-state index in [0.29, 0.717) is 11.3 Å². The van der Waals surface area contributed by atoms with E-state index in [1.807, 2.05) is 24.3 Å². The van der Waals surface area contributed by atoms with Crippen molar-refractivity contribution < 1.29 is 24.2 Å². The molecule has 278 valence electrons. The Kier molecular flexibility index (Phi) is 16.7. The molecule has 4 saturated carbocycles. The third kappa shape index (κ3) is 11.2. The van der Waals surface area contributed by atoms with Gasteiger partial charge in [0.25, 0.3) is 0 Å². The predicted molar refractivity (Wildman–Crippen MR) is 224 cm³/mol. The molecule has 6 aliphatic carbocycles. The summed E-state index contributed by atoms with van der Waals surface area (Å²) in [5.41, 5.74) is 13.9. The van der Waals surface area contributed by atoms with Crippen molar-refractivity contribution in [3.8, 4) is 11.1 Å². The first-order chi connectivity index (χ1) is 22.7. The maximum Gasteiger partial charge on any atom is -0.358 e. The number of aryl methyl sites for hydroxylation is 1. The fraction of sp³-hybridized carbons (Fsp3) is 0.500. The van der Waals surface area contributed by atoms with Crippen LogP contribution in [-0.4, -0.2) is 4.21 Å². The van der Waals surface area contributed by atoms with Gasteiger partial charge in [-0.05, 0) is 79.1 Å². The molecule has 0 nitrogen and oxygen atoms in total. The number of hydrogen-bond donors (Lipinski definition) is 0. The number of halogens is 2. The molecule has 0 saturated heterocycles. The Morgan fingerprint density at radius 3 is 1.76 bits per heavy atom. The van der Waals surface area contributed by atoms with Crippen LogP contribution >= 0.6 is 24.8 Å². The summed E-state index contributed by atoms with van der Waals surface area (Å²) >= 11 is 1.30. The molecule has 0 aliphatic heterocycles. The quantitative estimate of drug-likeness (QED) is 0.177.